The SMILES string of the molecule is COC1=CC(=O)c2c(O)c3c(c(O)c2C1=O)C(=O)[C@]1(CCc2cc4cc(/C=N/NC(=O)c5cc(Br)ccc5N)[nH]c(=O)c4c(O)c21)C3=O. The smallest absolute Gasteiger partial charge is 0.273 e. The number of carbonyl (C=O) groups excluding carboxylic acids is 5. The van der Waals surface area contributed by atoms with Crippen molar-refractivity contribution in [1.82, 2.24) is 10.4 Å². The molecule has 7 rings (SSSR count). The summed E-state index contributed by atoms with van der Waals surface area (Å²) in [5.41, 5.74) is 3.20. The molecule has 4 aromatic rings. The average molecular weight is 713 g/mol. The fourth-order valence-electron chi connectivity index (χ4n) is 6.77. The summed E-state index contributed by atoms with van der Waals surface area (Å²) in [7, 11) is 1.12. The van der Waals surface area contributed by atoms with Crippen molar-refractivity contribution in [3.05, 3.63) is 102 Å². The predicted octanol–water partition coefficient (Wildman–Crippen LogP) is 2.93. The standard InChI is InChI=1S/C33H21BrN4O10/c1-48-18-9-17(39)20-21(25(18)40)27(42)23-22(26(20)41)29(44)33(30(23)45)5-4-11-6-12-7-14(37-32(47)19(12)28(43)24(11)33)10-36-38-31(46)15-8-13(34)2-3-16(15)35/h2-3,6-10,41-43H,4-5,35H2,1H3,(H,37,47)(H,38,46)/b36-10+/t33-/m0/s1. The van der Waals surface area contributed by atoms with E-state index in [2.05, 4.69) is 31.4 Å². The maximum Gasteiger partial charge on any atom is 0.273 e. The van der Waals surface area contributed by atoms with E-state index in [-0.39, 0.29) is 46.1 Å². The molecule has 3 aliphatic rings. The van der Waals surface area contributed by atoms with Gasteiger partial charge in [0.1, 0.15) is 22.7 Å². The van der Waals surface area contributed by atoms with Gasteiger partial charge >= 0.3 is 0 Å². The number of nitrogen functional groups attached to an aromatic ring is 1. The number of aromatic nitrogens is 1. The van der Waals surface area contributed by atoms with Gasteiger partial charge in [0.15, 0.2) is 23.1 Å². The molecule has 0 bridgehead atoms. The molecule has 7 N–H and O–H groups in total. The molecule has 1 amide bonds. The van der Waals surface area contributed by atoms with Crippen molar-refractivity contribution >= 4 is 67.6 Å². The minimum atomic E-state index is -2.16. The largest absolute Gasteiger partial charge is 0.507 e. The molecule has 3 aliphatic carbocycles. The minimum Gasteiger partial charge on any atom is -0.507 e. The van der Waals surface area contributed by atoms with Gasteiger partial charge in [0, 0.05) is 21.8 Å². The number of benzene rings is 3. The van der Waals surface area contributed by atoms with Crippen LogP contribution in [0.1, 0.15) is 75.0 Å². The number of hydrogen-bond acceptors (Lipinski definition) is 12. The van der Waals surface area contributed by atoms with Crippen molar-refractivity contribution in [3.63, 3.8) is 0 Å². The van der Waals surface area contributed by atoms with Crippen LogP contribution in [-0.4, -0.2) is 62.7 Å². The summed E-state index contributed by atoms with van der Waals surface area (Å²) in [5.74, 6) is -7.57. The molecular formula is C33H21BrN4O10. The Morgan fingerprint density at radius 3 is 2.38 bits per heavy atom. The Hall–Kier alpha value is -6.09. The van der Waals surface area contributed by atoms with Crippen molar-refractivity contribution < 1.29 is 44.0 Å². The van der Waals surface area contributed by atoms with E-state index in [1.807, 2.05) is 0 Å². The number of nitrogens with two attached hydrogens (primary N) is 1. The molecule has 1 atom stereocenters. The molecule has 1 spiro atoms. The molecule has 240 valence electrons. The Morgan fingerprint density at radius 2 is 1.69 bits per heavy atom. The third-order valence-corrected chi connectivity index (χ3v) is 9.38. The lowest BCUT2D eigenvalue weighted by Gasteiger charge is -2.22. The van der Waals surface area contributed by atoms with Crippen molar-refractivity contribution in [2.75, 3.05) is 12.8 Å². The first-order valence-electron chi connectivity index (χ1n) is 14.2. The summed E-state index contributed by atoms with van der Waals surface area (Å²) >= 11 is 3.27. The Kier molecular flexibility index (Phi) is 6.66. The molecule has 0 fully saturated rings. The number of ether oxygens (including phenoxy) is 1. The summed E-state index contributed by atoms with van der Waals surface area (Å²) in [6, 6.07) is 7.70. The second-order valence-electron chi connectivity index (χ2n) is 11.4. The zero-order valence-electron chi connectivity index (χ0n) is 24.6. The molecule has 1 aromatic heterocycles. The quantitative estimate of drug-likeness (QED) is 0.0591. The number of allylic oxidation sites excluding steroid dienone is 2. The number of ketones is 4. The number of amides is 1. The number of nitrogens with zero attached hydrogens (tertiary/aromatic N) is 1. The van der Waals surface area contributed by atoms with Gasteiger partial charge in [0.2, 0.25) is 5.78 Å². The van der Waals surface area contributed by atoms with E-state index in [0.29, 0.717) is 10.0 Å². The number of fused-ring (bicyclic) bond motifs is 5. The van der Waals surface area contributed by atoms with Crippen LogP contribution in [-0.2, 0) is 16.6 Å². The first kappa shape index (κ1) is 30.6. The van der Waals surface area contributed by atoms with E-state index in [4.69, 9.17) is 10.5 Å². The number of hydrogen-bond donors (Lipinski definition) is 6. The summed E-state index contributed by atoms with van der Waals surface area (Å²) in [5, 5.41) is 37.7. The molecule has 1 heterocycles. The lowest BCUT2D eigenvalue weighted by Crippen LogP contribution is -2.36. The number of Topliss-reactive ketones (excluding diaryl/α,β-unsaturated/α-hetero) is 3. The molecule has 0 aliphatic heterocycles. The van der Waals surface area contributed by atoms with E-state index in [9.17, 15) is 44.1 Å². The number of halogens is 1. The minimum absolute atomic E-state index is 0.0686. The first-order chi connectivity index (χ1) is 22.8. The number of rotatable bonds is 4. The Morgan fingerprint density at radius 1 is 1.00 bits per heavy atom. The predicted molar refractivity (Wildman–Crippen MR) is 172 cm³/mol. The normalized spacial score (nSPS) is 18.0. The Bertz CT molecular complexity index is 2390. The molecule has 0 saturated carbocycles. The van der Waals surface area contributed by atoms with Crippen molar-refractivity contribution in [2.45, 2.75) is 18.3 Å². The van der Waals surface area contributed by atoms with Gasteiger partial charge in [-0.1, -0.05) is 22.0 Å². The van der Waals surface area contributed by atoms with Gasteiger partial charge in [-0.25, -0.2) is 5.43 Å². The maximum absolute atomic E-state index is 14.1. The lowest BCUT2D eigenvalue weighted by molar-refractivity contribution is 0.0790. The highest BCUT2D eigenvalue weighted by atomic mass is 79.9. The van der Waals surface area contributed by atoms with Crippen LogP contribution in [0.2, 0.25) is 0 Å². The van der Waals surface area contributed by atoms with E-state index < -0.39 is 85.3 Å². The van der Waals surface area contributed by atoms with Crippen molar-refractivity contribution in [1.29, 1.82) is 0 Å². The van der Waals surface area contributed by atoms with Crippen LogP contribution >= 0.6 is 15.9 Å². The molecule has 15 heteroatoms. The Labute approximate surface area is 276 Å². The number of H-pyrrole nitrogens is 1. The third-order valence-electron chi connectivity index (χ3n) is 8.89. The van der Waals surface area contributed by atoms with Gasteiger partial charge in [0.05, 0.1) is 52.2 Å². The van der Waals surface area contributed by atoms with E-state index >= 15 is 0 Å². The van der Waals surface area contributed by atoms with Crippen LogP contribution in [0.5, 0.6) is 17.2 Å². The van der Waals surface area contributed by atoms with Gasteiger partial charge in [0.25, 0.3) is 11.5 Å². The van der Waals surface area contributed by atoms with Crippen molar-refractivity contribution in [3.8, 4) is 17.2 Å². The van der Waals surface area contributed by atoms with Crippen LogP contribution in [0.4, 0.5) is 5.69 Å². The van der Waals surface area contributed by atoms with Gasteiger partial charge < -0.3 is 30.8 Å². The molecular weight excluding hydrogens is 692 g/mol. The second-order valence-corrected chi connectivity index (χ2v) is 12.3. The van der Waals surface area contributed by atoms with E-state index in [1.54, 1.807) is 12.1 Å². The molecule has 0 saturated heterocycles. The lowest BCUT2D eigenvalue weighted by atomic mass is 9.76. The highest BCUT2D eigenvalue weighted by molar-refractivity contribution is 9.10. The van der Waals surface area contributed by atoms with E-state index in [0.717, 1.165) is 13.2 Å². The topological polar surface area (TPSA) is 239 Å². The number of hydrazone groups is 1. The zero-order valence-corrected chi connectivity index (χ0v) is 26.1. The molecule has 48 heavy (non-hydrogen) atoms. The number of aromatic hydroxyl groups is 3. The Balaban J connectivity index is 1.30. The van der Waals surface area contributed by atoms with Crippen LogP contribution < -0.4 is 16.7 Å². The number of pyridine rings is 1. The summed E-state index contributed by atoms with van der Waals surface area (Å²) in [4.78, 5) is 82.4. The number of anilines is 1. The first-order valence-corrected chi connectivity index (χ1v) is 15.0. The molecule has 0 unspecified atom stereocenters. The van der Waals surface area contributed by atoms with Crippen LogP contribution in [0, 0.1) is 0 Å². The monoisotopic (exact) mass is 712 g/mol. The van der Waals surface area contributed by atoms with Crippen molar-refractivity contribution in [2.24, 2.45) is 5.10 Å². The number of aromatic amines is 1. The number of phenols is 3. The fourth-order valence-corrected chi connectivity index (χ4v) is 7.13. The summed E-state index contributed by atoms with van der Waals surface area (Å²) in [6.07, 6.45) is 1.83. The molecule has 14 nitrogen and oxygen atoms in total. The average Bonchev–Trinajstić information content (AvgIpc) is 3.53. The number of phenolic OH excluding ortho intramolecular Hbond substituents is 3. The van der Waals surface area contributed by atoms with Gasteiger partial charge in [-0.15, -0.1) is 0 Å². The molecule has 3 aromatic carbocycles. The summed E-state index contributed by atoms with van der Waals surface area (Å²) < 4.78 is 5.54. The fraction of sp³-hybridized carbons (Fsp3) is 0.121. The maximum atomic E-state index is 14.1. The van der Waals surface area contributed by atoms with Crippen LogP contribution in [0.3, 0.4) is 0 Å². The van der Waals surface area contributed by atoms with Gasteiger partial charge in [-0.2, -0.15) is 5.10 Å². The number of aryl methyl sites for hydroxylation is 1. The number of carbonyl (C=O) groups is 5. The second kappa shape index (κ2) is 10.5. The van der Waals surface area contributed by atoms with E-state index in [1.165, 1.54) is 24.4 Å². The highest BCUT2D eigenvalue weighted by Gasteiger charge is 2.61. The highest BCUT2D eigenvalue weighted by Crippen LogP contribution is 2.57. The van der Waals surface area contributed by atoms with Crippen LogP contribution in [0.25, 0.3) is 10.8 Å². The number of nitrogens with one attached hydrogen (secondary N) is 2. The number of methoxy groups -OCH3 is 1. The third kappa shape index (κ3) is 4.00. The summed E-state index contributed by atoms with van der Waals surface area (Å²) in [6.45, 7) is 0. The van der Waals surface area contributed by atoms with Gasteiger partial charge in [-0.05, 0) is 48.1 Å². The van der Waals surface area contributed by atoms with Gasteiger partial charge in [-0.3, -0.25) is 28.8 Å². The molecule has 0 radical (unpaired) electrons. The van der Waals surface area contributed by atoms with Crippen LogP contribution in [0.15, 0.2) is 56.5 Å². The zero-order chi connectivity index (χ0) is 34.4.